The van der Waals surface area contributed by atoms with E-state index in [0.29, 0.717) is 27.6 Å². The molecule has 0 fully saturated rings. The number of benzene rings is 2. The molecule has 0 aliphatic rings. The third-order valence-corrected chi connectivity index (χ3v) is 3.28. The molecule has 5 heteroatoms. The first kappa shape index (κ1) is 12.9. The van der Waals surface area contributed by atoms with Crippen LogP contribution in [0.5, 0.6) is 0 Å². The maximum absolute atomic E-state index is 13.5. The summed E-state index contributed by atoms with van der Waals surface area (Å²) in [6.45, 7) is 0. The maximum atomic E-state index is 13.5. The van der Waals surface area contributed by atoms with Crippen molar-refractivity contribution in [3.63, 3.8) is 0 Å². The summed E-state index contributed by atoms with van der Waals surface area (Å²) in [5.74, 6) is -1.56. The van der Waals surface area contributed by atoms with Gasteiger partial charge in [-0.3, -0.25) is 0 Å². The van der Waals surface area contributed by atoms with E-state index in [1.54, 1.807) is 24.3 Å². The number of carbonyl (C=O) groups is 1. The lowest BCUT2D eigenvalue weighted by atomic mass is 10.0. The molecule has 0 atom stereocenters. The Hall–Kier alpha value is -3.13. The molecule has 1 heterocycles. The van der Waals surface area contributed by atoms with Crippen molar-refractivity contribution in [1.29, 1.82) is 5.26 Å². The topological polar surface area (TPSA) is 76.9 Å². The first-order valence-electron chi connectivity index (χ1n) is 6.15. The van der Waals surface area contributed by atoms with Gasteiger partial charge >= 0.3 is 5.97 Å². The van der Waals surface area contributed by atoms with Crippen LogP contribution in [0.4, 0.5) is 4.39 Å². The standard InChI is InChI=1S/C16H9FN2O2/c17-11-5-6-13-12(7-11)14(15(19-13)16(20)21)10-3-1-9(8-18)2-4-10/h1-7,19H,(H,20,21). The van der Waals surface area contributed by atoms with E-state index in [1.807, 2.05) is 6.07 Å². The van der Waals surface area contributed by atoms with Crippen LogP contribution in [0.2, 0.25) is 0 Å². The molecule has 21 heavy (non-hydrogen) atoms. The van der Waals surface area contributed by atoms with E-state index in [2.05, 4.69) is 4.98 Å². The molecule has 0 radical (unpaired) electrons. The fraction of sp³-hybridized carbons (Fsp3) is 0. The highest BCUT2D eigenvalue weighted by atomic mass is 19.1. The number of fused-ring (bicyclic) bond motifs is 1. The van der Waals surface area contributed by atoms with E-state index >= 15 is 0 Å². The monoisotopic (exact) mass is 280 g/mol. The van der Waals surface area contributed by atoms with Gasteiger partial charge in [0.1, 0.15) is 11.5 Å². The molecule has 0 bridgehead atoms. The van der Waals surface area contributed by atoms with Crippen molar-refractivity contribution >= 4 is 16.9 Å². The van der Waals surface area contributed by atoms with Gasteiger partial charge in [0, 0.05) is 16.5 Å². The summed E-state index contributed by atoms with van der Waals surface area (Å²) in [4.78, 5) is 14.2. The number of H-pyrrole nitrogens is 1. The molecule has 0 amide bonds. The van der Waals surface area contributed by atoms with Gasteiger partial charge in [-0.25, -0.2) is 9.18 Å². The van der Waals surface area contributed by atoms with Gasteiger partial charge in [0.25, 0.3) is 0 Å². The highest BCUT2D eigenvalue weighted by Gasteiger charge is 2.18. The summed E-state index contributed by atoms with van der Waals surface area (Å²) in [5, 5.41) is 18.6. The summed E-state index contributed by atoms with van der Waals surface area (Å²) < 4.78 is 13.5. The minimum Gasteiger partial charge on any atom is -0.477 e. The number of aromatic nitrogens is 1. The molecular weight excluding hydrogens is 271 g/mol. The van der Waals surface area contributed by atoms with Gasteiger partial charge in [0.2, 0.25) is 0 Å². The van der Waals surface area contributed by atoms with Gasteiger partial charge in [0.15, 0.2) is 0 Å². The van der Waals surface area contributed by atoms with Gasteiger partial charge in [-0.2, -0.15) is 5.26 Å². The summed E-state index contributed by atoms with van der Waals surface area (Å²) in [7, 11) is 0. The van der Waals surface area contributed by atoms with Gasteiger partial charge < -0.3 is 10.1 Å². The molecule has 2 aromatic carbocycles. The Balaban J connectivity index is 2.32. The average Bonchev–Trinajstić information content (AvgIpc) is 2.86. The lowest BCUT2D eigenvalue weighted by molar-refractivity contribution is 0.0692. The molecule has 4 nitrogen and oxygen atoms in total. The summed E-state index contributed by atoms with van der Waals surface area (Å²) in [6.07, 6.45) is 0. The van der Waals surface area contributed by atoms with Crippen LogP contribution >= 0.6 is 0 Å². The van der Waals surface area contributed by atoms with Crippen molar-refractivity contribution in [3.05, 3.63) is 59.5 Å². The van der Waals surface area contributed by atoms with E-state index in [4.69, 9.17) is 5.26 Å². The summed E-state index contributed by atoms with van der Waals surface area (Å²) in [5.41, 5.74) is 2.06. The molecule has 0 unspecified atom stereocenters. The fourth-order valence-corrected chi connectivity index (χ4v) is 2.34. The first-order chi connectivity index (χ1) is 10.1. The van der Waals surface area contributed by atoms with E-state index < -0.39 is 11.8 Å². The number of nitrogens with one attached hydrogen (secondary N) is 1. The molecule has 0 spiro atoms. The van der Waals surface area contributed by atoms with Crippen molar-refractivity contribution < 1.29 is 14.3 Å². The van der Waals surface area contributed by atoms with E-state index in [9.17, 15) is 14.3 Å². The highest BCUT2D eigenvalue weighted by molar-refractivity contribution is 6.07. The predicted molar refractivity (Wildman–Crippen MR) is 75.4 cm³/mol. The Morgan fingerprint density at radius 3 is 2.52 bits per heavy atom. The van der Waals surface area contributed by atoms with Crippen LogP contribution in [0.1, 0.15) is 16.1 Å². The number of halogens is 1. The number of carboxylic acid groups (broad SMARTS) is 1. The third kappa shape index (κ3) is 2.13. The lowest BCUT2D eigenvalue weighted by Crippen LogP contribution is -1.98. The molecule has 3 rings (SSSR count). The van der Waals surface area contributed by atoms with Crippen LogP contribution in [0.3, 0.4) is 0 Å². The molecule has 1 aromatic heterocycles. The van der Waals surface area contributed by atoms with Gasteiger partial charge in [-0.05, 0) is 35.9 Å². The lowest BCUT2D eigenvalue weighted by Gasteiger charge is -2.02. The van der Waals surface area contributed by atoms with E-state index in [1.165, 1.54) is 18.2 Å². The molecule has 0 aliphatic heterocycles. The molecule has 0 aliphatic carbocycles. The molecule has 2 N–H and O–H groups in total. The van der Waals surface area contributed by atoms with Crippen LogP contribution in [-0.2, 0) is 0 Å². The smallest absolute Gasteiger partial charge is 0.352 e. The minimum absolute atomic E-state index is 0.000285. The van der Waals surface area contributed by atoms with Crippen molar-refractivity contribution in [2.75, 3.05) is 0 Å². The summed E-state index contributed by atoms with van der Waals surface area (Å²) >= 11 is 0. The minimum atomic E-state index is -1.12. The normalized spacial score (nSPS) is 10.5. The van der Waals surface area contributed by atoms with Crippen LogP contribution in [0, 0.1) is 17.1 Å². The quantitative estimate of drug-likeness (QED) is 0.753. The van der Waals surface area contributed by atoms with E-state index in [-0.39, 0.29) is 5.69 Å². The molecular formula is C16H9FN2O2. The van der Waals surface area contributed by atoms with Crippen molar-refractivity contribution in [1.82, 2.24) is 4.98 Å². The molecule has 102 valence electrons. The second-order valence-corrected chi connectivity index (χ2v) is 4.56. The van der Waals surface area contributed by atoms with Gasteiger partial charge in [0.05, 0.1) is 11.6 Å². The highest BCUT2D eigenvalue weighted by Crippen LogP contribution is 2.33. The number of aromatic amines is 1. The van der Waals surface area contributed by atoms with Gasteiger partial charge in [-0.1, -0.05) is 12.1 Å². The molecule has 3 aromatic rings. The third-order valence-electron chi connectivity index (χ3n) is 3.28. The summed E-state index contributed by atoms with van der Waals surface area (Å²) in [6, 6.07) is 12.6. The van der Waals surface area contributed by atoms with Crippen LogP contribution in [0.25, 0.3) is 22.0 Å². The fourth-order valence-electron chi connectivity index (χ4n) is 2.34. The number of hydrogen-bond acceptors (Lipinski definition) is 2. The number of hydrogen-bond donors (Lipinski definition) is 2. The van der Waals surface area contributed by atoms with Crippen molar-refractivity contribution in [3.8, 4) is 17.2 Å². The Labute approximate surface area is 119 Å². The molecule has 0 saturated carbocycles. The second-order valence-electron chi connectivity index (χ2n) is 4.56. The SMILES string of the molecule is N#Cc1ccc(-c2c(C(=O)O)[nH]c3ccc(F)cc23)cc1. The second kappa shape index (κ2) is 4.76. The number of rotatable bonds is 2. The Kier molecular flexibility index (Phi) is 2.92. The van der Waals surface area contributed by atoms with Crippen LogP contribution in [0.15, 0.2) is 42.5 Å². The number of carboxylic acids is 1. The predicted octanol–water partition coefficient (Wildman–Crippen LogP) is 3.54. The van der Waals surface area contributed by atoms with Crippen LogP contribution in [-0.4, -0.2) is 16.1 Å². The maximum Gasteiger partial charge on any atom is 0.352 e. The molecule has 0 saturated heterocycles. The number of nitrogens with zero attached hydrogens (tertiary/aromatic N) is 1. The largest absolute Gasteiger partial charge is 0.477 e. The zero-order valence-electron chi connectivity index (χ0n) is 10.7. The first-order valence-corrected chi connectivity index (χ1v) is 6.15. The Morgan fingerprint density at radius 2 is 1.90 bits per heavy atom. The number of aromatic carboxylic acids is 1. The average molecular weight is 280 g/mol. The van der Waals surface area contributed by atoms with Crippen molar-refractivity contribution in [2.24, 2.45) is 0 Å². The van der Waals surface area contributed by atoms with E-state index in [0.717, 1.165) is 0 Å². The van der Waals surface area contributed by atoms with Gasteiger partial charge in [-0.15, -0.1) is 0 Å². The van der Waals surface area contributed by atoms with Crippen molar-refractivity contribution in [2.45, 2.75) is 0 Å². The van der Waals surface area contributed by atoms with Crippen LogP contribution < -0.4 is 0 Å². The number of nitriles is 1. The zero-order valence-corrected chi connectivity index (χ0v) is 10.7. The zero-order chi connectivity index (χ0) is 15.0. The Morgan fingerprint density at radius 1 is 1.19 bits per heavy atom. The Bertz CT molecular complexity index is 889.